The van der Waals surface area contributed by atoms with Gasteiger partial charge in [-0.25, -0.2) is 4.98 Å². The molecule has 1 heterocycles. The average molecular weight is 550 g/mol. The summed E-state index contributed by atoms with van der Waals surface area (Å²) >= 11 is 0. The van der Waals surface area contributed by atoms with Gasteiger partial charge in [0.2, 0.25) is 5.88 Å². The van der Waals surface area contributed by atoms with Gasteiger partial charge in [-0.2, -0.15) is 0 Å². The number of rotatable bonds is 18. The largest absolute Gasteiger partial charge is 0.492 e. The lowest BCUT2D eigenvalue weighted by molar-refractivity contribution is -0.111. The molecule has 224 valence electrons. The minimum atomic E-state index is 0.0136. The van der Waals surface area contributed by atoms with E-state index in [2.05, 4.69) is 64.1 Å². The fourth-order valence-corrected chi connectivity index (χ4v) is 5.55. The van der Waals surface area contributed by atoms with Gasteiger partial charge in [-0.3, -0.25) is 0 Å². The highest BCUT2D eigenvalue weighted by molar-refractivity contribution is 5.23. The first-order valence-corrected chi connectivity index (χ1v) is 14.9. The van der Waals surface area contributed by atoms with Crippen LogP contribution in [-0.2, 0) is 14.2 Å². The number of hydrogen-bond donors (Lipinski definition) is 2. The number of ether oxygens (including phenoxy) is 5. The molecule has 0 aromatic carbocycles. The van der Waals surface area contributed by atoms with Crippen LogP contribution in [0.15, 0.2) is 18.3 Å². The van der Waals surface area contributed by atoms with E-state index < -0.39 is 0 Å². The summed E-state index contributed by atoms with van der Waals surface area (Å²) < 4.78 is 29.4. The molecule has 8 nitrogen and oxygen atoms in total. The first-order valence-electron chi connectivity index (χ1n) is 14.9. The lowest BCUT2D eigenvalue weighted by Gasteiger charge is -2.43. The zero-order valence-electron chi connectivity index (χ0n) is 25.8. The predicted octanol–water partition coefficient (Wildman–Crippen LogP) is 5.14. The molecule has 39 heavy (non-hydrogen) atoms. The molecule has 0 spiro atoms. The molecule has 0 atom stereocenters. The van der Waals surface area contributed by atoms with Crippen LogP contribution < -0.4 is 20.1 Å². The monoisotopic (exact) mass is 549 g/mol. The Labute approximate surface area is 237 Å². The molecule has 0 saturated heterocycles. The standard InChI is InChI=1S/C31H55N3O5/c1-9-36-24-10-11-28(32-20-24)39-27-16-23(17-27)34-31(7,8)21-30(5,6)22-35-14-15-38-26-18-25(19-26)37-13-12-33-29(2,3)4/h10-11,20,23,25-27,33-34H,9,12-19,21-22H2,1-8H3/t23-,25-,26-,27+. The summed E-state index contributed by atoms with van der Waals surface area (Å²) in [5.41, 5.74) is 0.223. The van der Waals surface area contributed by atoms with Crippen molar-refractivity contribution in [1.82, 2.24) is 15.6 Å². The van der Waals surface area contributed by atoms with Crippen molar-refractivity contribution in [3.63, 3.8) is 0 Å². The summed E-state index contributed by atoms with van der Waals surface area (Å²) in [6.45, 7) is 21.9. The predicted molar refractivity (Wildman–Crippen MR) is 156 cm³/mol. The third-order valence-corrected chi connectivity index (χ3v) is 7.15. The zero-order valence-corrected chi connectivity index (χ0v) is 25.8. The Morgan fingerprint density at radius 2 is 1.56 bits per heavy atom. The van der Waals surface area contributed by atoms with Crippen LogP contribution in [0.1, 0.15) is 87.5 Å². The van der Waals surface area contributed by atoms with Gasteiger partial charge in [-0.15, -0.1) is 0 Å². The Hall–Kier alpha value is -1.45. The fraction of sp³-hybridized carbons (Fsp3) is 0.839. The van der Waals surface area contributed by atoms with Crippen molar-refractivity contribution >= 4 is 0 Å². The van der Waals surface area contributed by atoms with Crippen LogP contribution in [0.25, 0.3) is 0 Å². The number of nitrogens with zero attached hydrogens (tertiary/aromatic N) is 1. The van der Waals surface area contributed by atoms with Crippen molar-refractivity contribution in [3.05, 3.63) is 18.3 Å². The van der Waals surface area contributed by atoms with Crippen molar-refractivity contribution in [2.75, 3.05) is 39.6 Å². The number of hydrogen-bond acceptors (Lipinski definition) is 8. The van der Waals surface area contributed by atoms with Crippen LogP contribution >= 0.6 is 0 Å². The summed E-state index contributed by atoms with van der Waals surface area (Å²) in [4.78, 5) is 4.35. The van der Waals surface area contributed by atoms with Gasteiger partial charge in [0.1, 0.15) is 11.9 Å². The van der Waals surface area contributed by atoms with E-state index in [0.29, 0.717) is 44.0 Å². The second-order valence-corrected chi connectivity index (χ2v) is 13.7. The lowest BCUT2D eigenvalue weighted by atomic mass is 9.78. The van der Waals surface area contributed by atoms with Crippen molar-refractivity contribution in [2.24, 2.45) is 5.41 Å². The van der Waals surface area contributed by atoms with E-state index in [1.54, 1.807) is 6.20 Å². The summed E-state index contributed by atoms with van der Waals surface area (Å²) in [7, 11) is 0. The molecule has 0 bridgehead atoms. The van der Waals surface area contributed by atoms with E-state index in [1.165, 1.54) is 0 Å². The maximum Gasteiger partial charge on any atom is 0.213 e. The molecular formula is C31H55N3O5. The van der Waals surface area contributed by atoms with Crippen LogP contribution in [0.2, 0.25) is 0 Å². The maximum absolute atomic E-state index is 6.03. The van der Waals surface area contributed by atoms with E-state index in [4.69, 9.17) is 23.7 Å². The van der Waals surface area contributed by atoms with E-state index in [1.807, 2.05) is 19.1 Å². The van der Waals surface area contributed by atoms with Crippen LogP contribution in [0, 0.1) is 5.41 Å². The minimum Gasteiger partial charge on any atom is -0.492 e. The van der Waals surface area contributed by atoms with Crippen LogP contribution in [0.4, 0.5) is 0 Å². The van der Waals surface area contributed by atoms with Gasteiger partial charge < -0.3 is 34.3 Å². The summed E-state index contributed by atoms with van der Waals surface area (Å²) in [5.74, 6) is 1.44. The average Bonchev–Trinajstić information content (AvgIpc) is 2.77. The molecule has 2 N–H and O–H groups in total. The highest BCUT2D eigenvalue weighted by atomic mass is 16.5. The normalized spacial score (nSPS) is 23.7. The molecule has 3 rings (SSSR count). The molecule has 2 fully saturated rings. The lowest BCUT2D eigenvalue weighted by Crippen LogP contribution is -2.55. The van der Waals surface area contributed by atoms with Crippen molar-refractivity contribution in [2.45, 2.75) is 123 Å². The first kappa shape index (κ1) is 32.1. The summed E-state index contributed by atoms with van der Waals surface area (Å²) in [6, 6.07) is 4.25. The van der Waals surface area contributed by atoms with E-state index >= 15 is 0 Å². The SMILES string of the molecule is CCOc1ccc(O[C@H]2C[C@@H](NC(C)(C)CC(C)(C)COCCO[C@H]3C[C@H](OCCNC(C)(C)C)C3)C2)nc1. The van der Waals surface area contributed by atoms with Gasteiger partial charge in [-0.05, 0) is 85.1 Å². The van der Waals surface area contributed by atoms with E-state index in [0.717, 1.165) is 57.6 Å². The molecule has 2 aliphatic carbocycles. The molecule has 8 heteroatoms. The van der Waals surface area contributed by atoms with Gasteiger partial charge in [0.25, 0.3) is 0 Å². The molecule has 0 aliphatic heterocycles. The second-order valence-electron chi connectivity index (χ2n) is 13.7. The first-order chi connectivity index (χ1) is 18.3. The number of nitrogens with one attached hydrogen (secondary N) is 2. The number of aromatic nitrogens is 1. The molecule has 0 radical (unpaired) electrons. The minimum absolute atomic E-state index is 0.0136. The maximum atomic E-state index is 6.03. The van der Waals surface area contributed by atoms with Crippen molar-refractivity contribution in [1.29, 1.82) is 0 Å². The van der Waals surface area contributed by atoms with Gasteiger partial charge in [0.05, 0.1) is 51.4 Å². The van der Waals surface area contributed by atoms with Gasteiger partial charge in [0, 0.05) is 29.7 Å². The van der Waals surface area contributed by atoms with Crippen molar-refractivity contribution in [3.8, 4) is 11.6 Å². The van der Waals surface area contributed by atoms with Gasteiger partial charge >= 0.3 is 0 Å². The molecule has 0 unspecified atom stereocenters. The van der Waals surface area contributed by atoms with Crippen molar-refractivity contribution < 1.29 is 23.7 Å². The summed E-state index contributed by atoms with van der Waals surface area (Å²) in [6.07, 6.45) is 7.58. The second kappa shape index (κ2) is 14.4. The van der Waals surface area contributed by atoms with Gasteiger partial charge in [0.15, 0.2) is 0 Å². The Kier molecular flexibility index (Phi) is 11.9. The molecule has 2 saturated carbocycles. The fourth-order valence-electron chi connectivity index (χ4n) is 5.55. The zero-order chi connectivity index (χ0) is 28.5. The van der Waals surface area contributed by atoms with Gasteiger partial charge in [-0.1, -0.05) is 13.8 Å². The molecule has 1 aromatic heterocycles. The Balaban J connectivity index is 1.21. The van der Waals surface area contributed by atoms with E-state index in [-0.39, 0.29) is 22.6 Å². The highest BCUT2D eigenvalue weighted by Crippen LogP contribution is 2.32. The highest BCUT2D eigenvalue weighted by Gasteiger charge is 2.37. The molecule has 1 aromatic rings. The van der Waals surface area contributed by atoms with E-state index in [9.17, 15) is 0 Å². The Morgan fingerprint density at radius 1 is 0.872 bits per heavy atom. The topological polar surface area (TPSA) is 83.1 Å². The van der Waals surface area contributed by atoms with Crippen LogP contribution in [0.5, 0.6) is 11.6 Å². The number of pyridine rings is 1. The quantitative estimate of drug-likeness (QED) is 0.244. The molecular weight excluding hydrogens is 494 g/mol. The smallest absolute Gasteiger partial charge is 0.213 e. The van der Waals surface area contributed by atoms with Crippen LogP contribution in [0.3, 0.4) is 0 Å². The molecule has 0 amide bonds. The molecule has 2 aliphatic rings. The third-order valence-electron chi connectivity index (χ3n) is 7.15. The Bertz CT molecular complexity index is 828. The third kappa shape index (κ3) is 12.3. The Morgan fingerprint density at radius 3 is 2.18 bits per heavy atom. The summed E-state index contributed by atoms with van der Waals surface area (Å²) in [5, 5.41) is 7.29. The van der Waals surface area contributed by atoms with Crippen LogP contribution in [-0.4, -0.2) is 80.0 Å².